The fourth-order valence-corrected chi connectivity index (χ4v) is 6.54. The fourth-order valence-electron chi connectivity index (χ4n) is 6.54. The lowest BCUT2D eigenvalue weighted by Gasteiger charge is -2.13. The Hall–Kier alpha value is -6.66. The van der Waals surface area contributed by atoms with Crippen molar-refractivity contribution in [2.75, 3.05) is 0 Å². The van der Waals surface area contributed by atoms with E-state index in [9.17, 15) is 0 Å². The van der Waals surface area contributed by atoms with Gasteiger partial charge in [0.05, 0.1) is 11.4 Å². The molecule has 0 amide bonds. The van der Waals surface area contributed by atoms with Crippen molar-refractivity contribution in [3.8, 4) is 78.9 Å². The highest BCUT2D eigenvalue weighted by Gasteiger charge is 2.23. The molecule has 0 atom stereocenters. The fraction of sp³-hybridized carbons (Fsp3) is 0.0233. The number of nitrogens with zero attached hydrogens (tertiary/aromatic N) is 6. The summed E-state index contributed by atoms with van der Waals surface area (Å²) in [5.74, 6) is 1.86. The standard InChI is InChI=1S/C43H28N6/c1-3-10-30(11-4-1)41-47-42(31-12-5-2-6-13-31)49-43(48-41)36-23-34(22-35(24-36)33-15-9-21-44-26-33)28-17-19-29(20-18-28)39-38-25-32-14-7-8-16-37(32)40(38)46-27-45-39/h1-24,26-27H,25H2. The Morgan fingerprint density at radius 3 is 1.63 bits per heavy atom. The van der Waals surface area contributed by atoms with Gasteiger partial charge in [0.2, 0.25) is 0 Å². The molecular weight excluding hydrogens is 601 g/mol. The van der Waals surface area contributed by atoms with Crippen LogP contribution in [0.3, 0.4) is 0 Å². The van der Waals surface area contributed by atoms with Gasteiger partial charge in [0.25, 0.3) is 0 Å². The van der Waals surface area contributed by atoms with Crippen molar-refractivity contribution in [2.24, 2.45) is 0 Å². The van der Waals surface area contributed by atoms with Crippen LogP contribution in [0.2, 0.25) is 0 Å². The van der Waals surface area contributed by atoms with Crippen LogP contribution in [0.1, 0.15) is 11.1 Å². The monoisotopic (exact) mass is 628 g/mol. The molecular formula is C43H28N6. The predicted octanol–water partition coefficient (Wildman–Crippen LogP) is 9.63. The van der Waals surface area contributed by atoms with Gasteiger partial charge in [-0.2, -0.15) is 0 Å². The van der Waals surface area contributed by atoms with E-state index in [0.717, 1.165) is 62.3 Å². The lowest BCUT2D eigenvalue weighted by molar-refractivity contribution is 1.07. The molecule has 6 nitrogen and oxygen atoms in total. The van der Waals surface area contributed by atoms with Crippen LogP contribution in [-0.4, -0.2) is 29.9 Å². The summed E-state index contributed by atoms with van der Waals surface area (Å²) in [6.45, 7) is 0. The van der Waals surface area contributed by atoms with Gasteiger partial charge in [-0.05, 0) is 46.5 Å². The van der Waals surface area contributed by atoms with Crippen molar-refractivity contribution in [2.45, 2.75) is 6.42 Å². The highest BCUT2D eigenvalue weighted by molar-refractivity contribution is 5.83. The minimum atomic E-state index is 0.604. The van der Waals surface area contributed by atoms with Crippen LogP contribution < -0.4 is 0 Å². The second-order valence-corrected chi connectivity index (χ2v) is 12.0. The molecule has 0 saturated carbocycles. The molecule has 49 heavy (non-hydrogen) atoms. The van der Waals surface area contributed by atoms with Crippen LogP contribution in [0.15, 0.2) is 158 Å². The third kappa shape index (κ3) is 5.45. The first-order valence-corrected chi connectivity index (χ1v) is 16.2. The molecule has 230 valence electrons. The Kier molecular flexibility index (Phi) is 7.09. The highest BCUT2D eigenvalue weighted by atomic mass is 15.0. The van der Waals surface area contributed by atoms with Crippen LogP contribution in [0.4, 0.5) is 0 Å². The van der Waals surface area contributed by atoms with E-state index >= 15 is 0 Å². The zero-order valence-electron chi connectivity index (χ0n) is 26.4. The number of pyridine rings is 1. The largest absolute Gasteiger partial charge is 0.264 e. The predicted molar refractivity (Wildman–Crippen MR) is 194 cm³/mol. The molecule has 8 aromatic rings. The Labute approximate surface area is 284 Å². The van der Waals surface area contributed by atoms with Crippen LogP contribution in [0, 0.1) is 0 Å². The molecule has 1 aliphatic rings. The maximum atomic E-state index is 5.02. The average Bonchev–Trinajstić information content (AvgIpc) is 3.58. The van der Waals surface area contributed by atoms with Crippen LogP contribution in [-0.2, 0) is 6.42 Å². The molecule has 3 aromatic heterocycles. The van der Waals surface area contributed by atoms with Gasteiger partial charge in [0, 0.05) is 57.8 Å². The Balaban J connectivity index is 1.16. The number of fused-ring (bicyclic) bond motifs is 3. The van der Waals surface area contributed by atoms with Crippen molar-refractivity contribution in [1.82, 2.24) is 29.9 Å². The van der Waals surface area contributed by atoms with E-state index in [1.807, 2.05) is 72.9 Å². The number of hydrogen-bond donors (Lipinski definition) is 0. The van der Waals surface area contributed by atoms with E-state index in [-0.39, 0.29) is 0 Å². The topological polar surface area (TPSA) is 77.3 Å². The minimum absolute atomic E-state index is 0.604. The Bertz CT molecular complexity index is 2390. The van der Waals surface area contributed by atoms with Crippen molar-refractivity contribution >= 4 is 0 Å². The zero-order valence-corrected chi connectivity index (χ0v) is 26.4. The second-order valence-electron chi connectivity index (χ2n) is 12.0. The molecule has 0 N–H and O–H groups in total. The summed E-state index contributed by atoms with van der Waals surface area (Å²) in [6.07, 6.45) is 6.19. The van der Waals surface area contributed by atoms with Gasteiger partial charge >= 0.3 is 0 Å². The summed E-state index contributed by atoms with van der Waals surface area (Å²) in [5, 5.41) is 0. The first kappa shape index (κ1) is 28.6. The molecule has 0 aliphatic heterocycles. The molecule has 0 radical (unpaired) electrons. The molecule has 0 fully saturated rings. The van der Waals surface area contributed by atoms with Gasteiger partial charge < -0.3 is 0 Å². The van der Waals surface area contributed by atoms with E-state index in [0.29, 0.717) is 17.5 Å². The maximum Gasteiger partial charge on any atom is 0.164 e. The molecule has 3 heterocycles. The number of rotatable bonds is 6. The van der Waals surface area contributed by atoms with Crippen LogP contribution in [0.5, 0.6) is 0 Å². The summed E-state index contributed by atoms with van der Waals surface area (Å²) in [4.78, 5) is 28.7. The van der Waals surface area contributed by atoms with E-state index in [4.69, 9.17) is 19.9 Å². The Morgan fingerprint density at radius 2 is 0.959 bits per heavy atom. The third-order valence-corrected chi connectivity index (χ3v) is 8.96. The quantitative estimate of drug-likeness (QED) is 0.182. The molecule has 0 spiro atoms. The van der Waals surface area contributed by atoms with Gasteiger partial charge in [-0.3, -0.25) is 4.98 Å². The molecule has 1 aliphatic carbocycles. The lowest BCUT2D eigenvalue weighted by atomic mass is 9.95. The normalized spacial score (nSPS) is 11.6. The van der Waals surface area contributed by atoms with E-state index in [2.05, 4.69) is 82.8 Å². The van der Waals surface area contributed by atoms with Gasteiger partial charge in [-0.15, -0.1) is 0 Å². The van der Waals surface area contributed by atoms with E-state index < -0.39 is 0 Å². The van der Waals surface area contributed by atoms with Gasteiger partial charge in [-0.25, -0.2) is 24.9 Å². The smallest absolute Gasteiger partial charge is 0.164 e. The molecule has 9 rings (SSSR count). The Morgan fingerprint density at radius 1 is 0.408 bits per heavy atom. The summed E-state index contributed by atoms with van der Waals surface area (Å²) in [6, 6.07) is 47.7. The van der Waals surface area contributed by atoms with Crippen molar-refractivity contribution in [3.63, 3.8) is 0 Å². The van der Waals surface area contributed by atoms with Crippen molar-refractivity contribution < 1.29 is 0 Å². The lowest BCUT2D eigenvalue weighted by Crippen LogP contribution is -2.00. The minimum Gasteiger partial charge on any atom is -0.264 e. The third-order valence-electron chi connectivity index (χ3n) is 8.96. The molecule has 0 saturated heterocycles. The summed E-state index contributed by atoms with van der Waals surface area (Å²) in [5.41, 5.74) is 13.7. The van der Waals surface area contributed by atoms with Crippen LogP contribution >= 0.6 is 0 Å². The average molecular weight is 629 g/mol. The first-order valence-electron chi connectivity index (χ1n) is 16.2. The molecule has 0 unspecified atom stereocenters. The second kappa shape index (κ2) is 12.2. The number of benzene rings is 5. The first-order chi connectivity index (χ1) is 24.3. The van der Waals surface area contributed by atoms with Gasteiger partial charge in [0.15, 0.2) is 17.5 Å². The molecule has 5 aromatic carbocycles. The molecule has 0 bridgehead atoms. The van der Waals surface area contributed by atoms with Crippen molar-refractivity contribution in [1.29, 1.82) is 0 Å². The SMILES string of the molecule is c1ccc(-c2nc(-c3ccccc3)nc(-c3cc(-c4ccc(-c5ncnc6c5Cc5ccccc5-6)cc4)cc(-c4cccnc4)c3)n2)cc1. The maximum absolute atomic E-state index is 5.02. The zero-order chi connectivity index (χ0) is 32.6. The highest BCUT2D eigenvalue weighted by Crippen LogP contribution is 2.40. The van der Waals surface area contributed by atoms with Crippen LogP contribution in [0.25, 0.3) is 78.9 Å². The summed E-state index contributed by atoms with van der Waals surface area (Å²) < 4.78 is 0. The van der Waals surface area contributed by atoms with Gasteiger partial charge in [-0.1, -0.05) is 115 Å². The summed E-state index contributed by atoms with van der Waals surface area (Å²) in [7, 11) is 0. The van der Waals surface area contributed by atoms with E-state index in [1.54, 1.807) is 12.5 Å². The molecule has 6 heteroatoms. The van der Waals surface area contributed by atoms with E-state index in [1.165, 1.54) is 16.7 Å². The van der Waals surface area contributed by atoms with Crippen molar-refractivity contribution in [3.05, 3.63) is 169 Å². The van der Waals surface area contributed by atoms with Gasteiger partial charge in [0.1, 0.15) is 6.33 Å². The number of aromatic nitrogens is 6. The summed E-state index contributed by atoms with van der Waals surface area (Å²) >= 11 is 0. The number of hydrogen-bond acceptors (Lipinski definition) is 6.